The fraction of sp³-hybridized carbons (Fsp3) is 0.167. The summed E-state index contributed by atoms with van der Waals surface area (Å²) in [5.74, 6) is 0.201. The molecular weight excluding hydrogens is 280 g/mol. The fourth-order valence-corrected chi connectivity index (χ4v) is 2.18. The van der Waals surface area contributed by atoms with Crippen LogP contribution in [0.25, 0.3) is 22.3 Å². The van der Waals surface area contributed by atoms with Crippen LogP contribution in [0.4, 0.5) is 0 Å². The lowest BCUT2D eigenvalue weighted by Crippen LogP contribution is -2.37. The number of carboxylic acids is 1. The Morgan fingerprint density at radius 1 is 1.09 bits per heavy atom. The van der Waals surface area contributed by atoms with E-state index in [2.05, 4.69) is 0 Å². The van der Waals surface area contributed by atoms with Gasteiger partial charge in [-0.1, -0.05) is 30.3 Å². The van der Waals surface area contributed by atoms with Crippen LogP contribution in [0, 0.1) is 0 Å². The first kappa shape index (κ1) is 14.2. The van der Waals surface area contributed by atoms with E-state index in [9.17, 15) is 4.79 Å². The summed E-state index contributed by atoms with van der Waals surface area (Å²) >= 11 is 0. The van der Waals surface area contributed by atoms with Gasteiger partial charge in [0.25, 0.3) is 0 Å². The summed E-state index contributed by atoms with van der Waals surface area (Å²) in [6, 6.07) is 17.0. The number of benzene rings is 2. The Morgan fingerprint density at radius 2 is 1.86 bits per heavy atom. The number of rotatable bonds is 4. The number of carboxylic acid groups (broad SMARTS) is 1. The van der Waals surface area contributed by atoms with E-state index >= 15 is 0 Å². The standard InChI is InChI=1S/C18H16O4/c1-18(2,17(19)20)22-14-8-5-7-12(10-14)16-11-13-6-3-4-9-15(13)21-16/h3-11H,1-2H3,(H,19,20). The second kappa shape index (κ2) is 5.22. The number of fused-ring (bicyclic) bond motifs is 1. The molecule has 0 saturated heterocycles. The SMILES string of the molecule is CC(C)(Oc1cccc(-c2cc3ccccc3o2)c1)C(=O)O. The van der Waals surface area contributed by atoms with Crippen molar-refractivity contribution in [2.24, 2.45) is 0 Å². The lowest BCUT2D eigenvalue weighted by atomic mass is 10.1. The predicted octanol–water partition coefficient (Wildman–Crippen LogP) is 4.34. The molecule has 0 radical (unpaired) electrons. The summed E-state index contributed by atoms with van der Waals surface area (Å²) in [7, 11) is 0. The third kappa shape index (κ3) is 2.68. The summed E-state index contributed by atoms with van der Waals surface area (Å²) in [6.07, 6.45) is 0. The van der Waals surface area contributed by atoms with Crippen LogP contribution >= 0.6 is 0 Å². The molecule has 22 heavy (non-hydrogen) atoms. The maximum absolute atomic E-state index is 11.2. The van der Waals surface area contributed by atoms with Gasteiger partial charge in [0.05, 0.1) is 0 Å². The van der Waals surface area contributed by atoms with Crippen molar-refractivity contribution in [3.63, 3.8) is 0 Å². The van der Waals surface area contributed by atoms with Crippen LogP contribution < -0.4 is 4.74 Å². The number of carbonyl (C=O) groups is 1. The van der Waals surface area contributed by atoms with Crippen molar-refractivity contribution in [1.29, 1.82) is 0 Å². The lowest BCUT2D eigenvalue weighted by molar-refractivity contribution is -0.152. The van der Waals surface area contributed by atoms with Crippen molar-refractivity contribution in [2.75, 3.05) is 0 Å². The minimum Gasteiger partial charge on any atom is -0.478 e. The molecule has 4 nitrogen and oxygen atoms in total. The molecule has 0 aliphatic heterocycles. The van der Waals surface area contributed by atoms with Crippen LogP contribution in [0.15, 0.2) is 59.0 Å². The number of para-hydroxylation sites is 1. The van der Waals surface area contributed by atoms with Gasteiger partial charge < -0.3 is 14.3 Å². The van der Waals surface area contributed by atoms with Gasteiger partial charge in [0.2, 0.25) is 0 Å². The molecule has 0 amide bonds. The summed E-state index contributed by atoms with van der Waals surface area (Å²) in [5, 5.41) is 10.2. The molecule has 3 aromatic rings. The van der Waals surface area contributed by atoms with Gasteiger partial charge in [-0.15, -0.1) is 0 Å². The van der Waals surface area contributed by atoms with Crippen molar-refractivity contribution >= 4 is 16.9 Å². The summed E-state index contributed by atoms with van der Waals surface area (Å²) in [6.45, 7) is 3.03. The van der Waals surface area contributed by atoms with Crippen molar-refractivity contribution in [3.8, 4) is 17.1 Å². The molecule has 0 unspecified atom stereocenters. The molecule has 1 aromatic heterocycles. The molecule has 2 aromatic carbocycles. The highest BCUT2D eigenvalue weighted by molar-refractivity contribution is 5.83. The van der Waals surface area contributed by atoms with Crippen LogP contribution in [0.2, 0.25) is 0 Å². The Hall–Kier alpha value is -2.75. The molecule has 0 atom stereocenters. The zero-order valence-corrected chi connectivity index (χ0v) is 12.4. The van der Waals surface area contributed by atoms with Gasteiger partial charge in [-0.3, -0.25) is 0 Å². The van der Waals surface area contributed by atoms with Crippen molar-refractivity contribution < 1.29 is 19.1 Å². The van der Waals surface area contributed by atoms with E-state index in [1.54, 1.807) is 12.1 Å². The van der Waals surface area contributed by atoms with Crippen molar-refractivity contribution in [2.45, 2.75) is 19.4 Å². The number of hydrogen-bond donors (Lipinski definition) is 1. The highest BCUT2D eigenvalue weighted by Crippen LogP contribution is 2.30. The molecular formula is C18H16O4. The average Bonchev–Trinajstić information content (AvgIpc) is 2.91. The first-order valence-electron chi connectivity index (χ1n) is 6.97. The summed E-state index contributed by atoms with van der Waals surface area (Å²) in [4.78, 5) is 11.2. The van der Waals surface area contributed by atoms with Gasteiger partial charge >= 0.3 is 5.97 Å². The highest BCUT2D eigenvalue weighted by atomic mass is 16.5. The minimum atomic E-state index is -1.29. The van der Waals surface area contributed by atoms with Crippen LogP contribution in [0.1, 0.15) is 13.8 Å². The number of furan rings is 1. The van der Waals surface area contributed by atoms with E-state index in [1.807, 2.05) is 42.5 Å². The summed E-state index contributed by atoms with van der Waals surface area (Å²) in [5.41, 5.74) is 0.372. The van der Waals surface area contributed by atoms with E-state index in [-0.39, 0.29) is 0 Å². The quantitative estimate of drug-likeness (QED) is 0.778. The molecule has 4 heteroatoms. The van der Waals surface area contributed by atoms with E-state index in [1.165, 1.54) is 13.8 Å². The highest BCUT2D eigenvalue weighted by Gasteiger charge is 2.29. The van der Waals surface area contributed by atoms with Gasteiger partial charge in [-0.25, -0.2) is 4.79 Å². The van der Waals surface area contributed by atoms with E-state index < -0.39 is 11.6 Å². The van der Waals surface area contributed by atoms with Crippen LogP contribution in [-0.4, -0.2) is 16.7 Å². The Morgan fingerprint density at radius 3 is 2.59 bits per heavy atom. The van der Waals surface area contributed by atoms with Gasteiger partial charge in [0.15, 0.2) is 5.60 Å². The van der Waals surface area contributed by atoms with E-state index in [0.29, 0.717) is 5.75 Å². The topological polar surface area (TPSA) is 59.7 Å². The lowest BCUT2D eigenvalue weighted by Gasteiger charge is -2.21. The van der Waals surface area contributed by atoms with Gasteiger partial charge in [0.1, 0.15) is 17.1 Å². The first-order chi connectivity index (χ1) is 10.5. The monoisotopic (exact) mass is 296 g/mol. The molecule has 0 aliphatic rings. The molecule has 112 valence electrons. The zero-order chi connectivity index (χ0) is 15.7. The smallest absolute Gasteiger partial charge is 0.347 e. The van der Waals surface area contributed by atoms with Crippen LogP contribution in [0.5, 0.6) is 5.75 Å². The molecule has 0 saturated carbocycles. The summed E-state index contributed by atoms with van der Waals surface area (Å²) < 4.78 is 11.4. The molecule has 0 spiro atoms. The molecule has 3 rings (SSSR count). The van der Waals surface area contributed by atoms with Crippen molar-refractivity contribution in [3.05, 3.63) is 54.6 Å². The van der Waals surface area contributed by atoms with Gasteiger partial charge in [-0.05, 0) is 38.1 Å². The molecule has 1 N–H and O–H groups in total. The number of hydrogen-bond acceptors (Lipinski definition) is 3. The number of ether oxygens (including phenoxy) is 1. The molecule has 0 fully saturated rings. The first-order valence-corrected chi connectivity index (χ1v) is 6.97. The minimum absolute atomic E-state index is 0.491. The second-order valence-electron chi connectivity index (χ2n) is 5.59. The third-order valence-electron chi connectivity index (χ3n) is 3.43. The van der Waals surface area contributed by atoms with Crippen LogP contribution in [0.3, 0.4) is 0 Å². The van der Waals surface area contributed by atoms with Crippen molar-refractivity contribution in [1.82, 2.24) is 0 Å². The average molecular weight is 296 g/mol. The zero-order valence-electron chi connectivity index (χ0n) is 12.4. The largest absolute Gasteiger partial charge is 0.478 e. The Labute approximate surface area is 127 Å². The fourth-order valence-electron chi connectivity index (χ4n) is 2.18. The van der Waals surface area contributed by atoms with Gasteiger partial charge in [0, 0.05) is 10.9 Å². The second-order valence-corrected chi connectivity index (χ2v) is 5.59. The third-order valence-corrected chi connectivity index (χ3v) is 3.43. The Bertz CT molecular complexity index is 797. The Kier molecular flexibility index (Phi) is 3.37. The van der Waals surface area contributed by atoms with E-state index in [4.69, 9.17) is 14.3 Å². The van der Waals surface area contributed by atoms with Crippen LogP contribution in [-0.2, 0) is 4.79 Å². The maximum Gasteiger partial charge on any atom is 0.347 e. The normalized spacial score (nSPS) is 11.5. The van der Waals surface area contributed by atoms with E-state index in [0.717, 1.165) is 22.3 Å². The Balaban J connectivity index is 1.95. The molecule has 1 heterocycles. The molecule has 0 bridgehead atoms. The maximum atomic E-state index is 11.2. The predicted molar refractivity (Wildman–Crippen MR) is 84.0 cm³/mol. The number of aliphatic carboxylic acids is 1. The molecule has 0 aliphatic carbocycles. The van der Waals surface area contributed by atoms with Gasteiger partial charge in [-0.2, -0.15) is 0 Å².